The van der Waals surface area contributed by atoms with Gasteiger partial charge in [-0.3, -0.25) is 13.9 Å². The summed E-state index contributed by atoms with van der Waals surface area (Å²) in [4.78, 5) is 30.1. The number of carbonyl (C=O) groups excluding carboxylic acids is 2. The Kier molecular flexibility index (Phi) is 11.4. The van der Waals surface area contributed by atoms with Crippen LogP contribution in [0.15, 0.2) is 108 Å². The van der Waals surface area contributed by atoms with Crippen LogP contribution in [0, 0.1) is 13.8 Å². The van der Waals surface area contributed by atoms with Crippen molar-refractivity contribution < 1.29 is 18.0 Å². The zero-order valence-corrected chi connectivity index (χ0v) is 27.7. The molecule has 0 aliphatic rings. The van der Waals surface area contributed by atoms with Gasteiger partial charge in [-0.05, 0) is 73.7 Å². The molecule has 0 radical (unpaired) electrons. The summed E-state index contributed by atoms with van der Waals surface area (Å²) in [6, 6.07) is 29.1. The summed E-state index contributed by atoms with van der Waals surface area (Å²) in [6.07, 6.45) is 0.967. The monoisotopic (exact) mass is 645 g/mol. The Hall–Kier alpha value is -4.14. The lowest BCUT2D eigenvalue weighted by molar-refractivity contribution is -0.140. The van der Waals surface area contributed by atoms with E-state index in [-0.39, 0.29) is 29.8 Å². The van der Waals surface area contributed by atoms with Crippen molar-refractivity contribution in [1.29, 1.82) is 0 Å². The summed E-state index contributed by atoms with van der Waals surface area (Å²) in [5, 5.41) is 3.44. The van der Waals surface area contributed by atoms with Gasteiger partial charge in [0.05, 0.1) is 10.6 Å². The smallest absolute Gasteiger partial charge is 0.264 e. The van der Waals surface area contributed by atoms with Crippen LogP contribution in [0.2, 0.25) is 5.02 Å². The third-order valence-electron chi connectivity index (χ3n) is 7.99. The van der Waals surface area contributed by atoms with Crippen LogP contribution in [-0.2, 0) is 32.6 Å². The van der Waals surface area contributed by atoms with Gasteiger partial charge >= 0.3 is 0 Å². The molecule has 2 amide bonds. The third kappa shape index (κ3) is 8.32. The van der Waals surface area contributed by atoms with Crippen LogP contribution in [0.25, 0.3) is 0 Å². The molecule has 9 heteroatoms. The van der Waals surface area contributed by atoms with Crippen molar-refractivity contribution >= 4 is 39.1 Å². The average Bonchev–Trinajstić information content (AvgIpc) is 3.04. The first-order valence-electron chi connectivity index (χ1n) is 15.0. The Balaban J connectivity index is 1.84. The van der Waals surface area contributed by atoms with Gasteiger partial charge in [0.1, 0.15) is 12.6 Å². The molecule has 0 heterocycles. The summed E-state index contributed by atoms with van der Waals surface area (Å²) < 4.78 is 29.5. The number of nitrogens with one attached hydrogen (secondary N) is 1. The normalized spacial score (nSPS) is 12.6. The molecule has 0 unspecified atom stereocenters. The van der Waals surface area contributed by atoms with Gasteiger partial charge in [0.2, 0.25) is 11.8 Å². The zero-order valence-electron chi connectivity index (χ0n) is 26.1. The number of carbonyl (C=O) groups is 2. The predicted molar refractivity (Wildman–Crippen MR) is 181 cm³/mol. The number of sulfonamides is 1. The van der Waals surface area contributed by atoms with Gasteiger partial charge in [0.15, 0.2) is 0 Å². The number of amides is 2. The number of halogens is 1. The van der Waals surface area contributed by atoms with Crippen LogP contribution in [0.5, 0.6) is 0 Å². The molecule has 45 heavy (non-hydrogen) atoms. The highest BCUT2D eigenvalue weighted by Gasteiger charge is 2.35. The van der Waals surface area contributed by atoms with Gasteiger partial charge in [-0.1, -0.05) is 97.4 Å². The second-order valence-corrected chi connectivity index (χ2v) is 13.4. The SMILES string of the molecule is CC[C@@H](C)NC(=O)[C@H](Cc1ccccc1)N(Cc1ccccc1C)C(=O)CN(c1cccc(Cl)c1C)S(=O)(=O)c1ccccc1. The second kappa shape index (κ2) is 15.2. The van der Waals surface area contributed by atoms with Gasteiger partial charge in [0.25, 0.3) is 10.0 Å². The minimum absolute atomic E-state index is 0.0398. The van der Waals surface area contributed by atoms with Crippen molar-refractivity contribution in [2.45, 2.75) is 64.1 Å². The molecule has 1 N–H and O–H groups in total. The first-order valence-corrected chi connectivity index (χ1v) is 16.9. The van der Waals surface area contributed by atoms with E-state index in [9.17, 15) is 18.0 Å². The number of nitrogens with zero attached hydrogens (tertiary/aromatic N) is 2. The first kappa shape index (κ1) is 33.7. The van der Waals surface area contributed by atoms with E-state index in [1.807, 2.05) is 75.4 Å². The van der Waals surface area contributed by atoms with Crippen LogP contribution in [0.3, 0.4) is 0 Å². The Morgan fingerprint density at radius 3 is 2.11 bits per heavy atom. The molecule has 4 aromatic carbocycles. The van der Waals surface area contributed by atoms with E-state index >= 15 is 0 Å². The van der Waals surface area contributed by atoms with Crippen molar-refractivity contribution in [3.8, 4) is 0 Å². The molecule has 4 aromatic rings. The average molecular weight is 646 g/mol. The number of benzene rings is 4. The lowest BCUT2D eigenvalue weighted by Gasteiger charge is -2.35. The molecule has 0 bridgehead atoms. The van der Waals surface area contributed by atoms with Gasteiger partial charge in [0, 0.05) is 24.0 Å². The lowest BCUT2D eigenvalue weighted by Crippen LogP contribution is -2.54. The second-order valence-electron chi connectivity index (χ2n) is 11.2. The van der Waals surface area contributed by atoms with E-state index in [0.717, 1.165) is 21.0 Å². The lowest BCUT2D eigenvalue weighted by atomic mass is 10.0. The maximum absolute atomic E-state index is 14.6. The number of rotatable bonds is 13. The fraction of sp³-hybridized carbons (Fsp3) is 0.278. The van der Waals surface area contributed by atoms with Gasteiger partial charge < -0.3 is 10.2 Å². The summed E-state index contributed by atoms with van der Waals surface area (Å²) in [5.41, 5.74) is 3.50. The highest BCUT2D eigenvalue weighted by Crippen LogP contribution is 2.31. The Morgan fingerprint density at radius 2 is 1.47 bits per heavy atom. The van der Waals surface area contributed by atoms with E-state index in [4.69, 9.17) is 11.6 Å². The van der Waals surface area contributed by atoms with Crippen LogP contribution >= 0.6 is 11.6 Å². The molecule has 0 aliphatic carbocycles. The molecule has 0 saturated carbocycles. The number of anilines is 1. The molecule has 0 fully saturated rings. The minimum atomic E-state index is -4.20. The van der Waals surface area contributed by atoms with E-state index in [1.54, 1.807) is 43.3 Å². The Bertz CT molecular complexity index is 1720. The highest BCUT2D eigenvalue weighted by molar-refractivity contribution is 7.92. The maximum atomic E-state index is 14.6. The van der Waals surface area contributed by atoms with Crippen molar-refractivity contribution in [3.63, 3.8) is 0 Å². The molecule has 2 atom stereocenters. The molecule has 0 spiro atoms. The molecule has 0 aliphatic heterocycles. The van der Waals surface area contributed by atoms with Crippen molar-refractivity contribution in [3.05, 3.63) is 130 Å². The van der Waals surface area contributed by atoms with Gasteiger partial charge in [-0.25, -0.2) is 8.42 Å². The summed E-state index contributed by atoms with van der Waals surface area (Å²) in [5.74, 6) is -0.816. The molecule has 236 valence electrons. The molecular weight excluding hydrogens is 606 g/mol. The van der Waals surface area contributed by atoms with Crippen LogP contribution in [0.1, 0.15) is 42.5 Å². The van der Waals surface area contributed by atoms with E-state index in [0.29, 0.717) is 22.7 Å². The molecular formula is C36H40ClN3O4S. The van der Waals surface area contributed by atoms with E-state index in [2.05, 4.69) is 5.32 Å². The highest BCUT2D eigenvalue weighted by atomic mass is 35.5. The summed E-state index contributed by atoms with van der Waals surface area (Å²) >= 11 is 6.45. The topological polar surface area (TPSA) is 86.8 Å². The standard InChI is InChI=1S/C36H40ClN3O4S/c1-5-27(3)38-36(42)34(23-29-16-8-6-9-17-29)39(24-30-18-13-12-15-26(30)2)35(41)25-40(33-22-14-21-32(37)28(33)4)45(43,44)31-19-10-7-11-20-31/h6-22,27,34H,5,23-25H2,1-4H3,(H,38,42)/t27-,34+/m1/s1. The fourth-order valence-corrected chi connectivity index (χ4v) is 6.73. The predicted octanol–water partition coefficient (Wildman–Crippen LogP) is 6.71. The fourth-order valence-electron chi connectivity index (χ4n) is 5.07. The van der Waals surface area contributed by atoms with Gasteiger partial charge in [-0.2, -0.15) is 0 Å². The zero-order chi connectivity index (χ0) is 32.6. The van der Waals surface area contributed by atoms with Crippen LogP contribution < -0.4 is 9.62 Å². The van der Waals surface area contributed by atoms with Crippen LogP contribution in [0.4, 0.5) is 5.69 Å². The molecule has 4 rings (SSSR count). The Morgan fingerprint density at radius 1 is 0.844 bits per heavy atom. The van der Waals surface area contributed by atoms with Crippen molar-refractivity contribution in [2.75, 3.05) is 10.8 Å². The van der Waals surface area contributed by atoms with Crippen molar-refractivity contribution in [2.24, 2.45) is 0 Å². The molecule has 0 aromatic heterocycles. The number of aryl methyl sites for hydroxylation is 1. The van der Waals surface area contributed by atoms with Crippen molar-refractivity contribution in [1.82, 2.24) is 10.2 Å². The summed E-state index contributed by atoms with van der Waals surface area (Å²) in [6.45, 7) is 7.15. The van der Waals surface area contributed by atoms with Gasteiger partial charge in [-0.15, -0.1) is 0 Å². The van der Waals surface area contributed by atoms with E-state index in [1.165, 1.54) is 17.0 Å². The van der Waals surface area contributed by atoms with Crippen LogP contribution in [-0.4, -0.2) is 43.8 Å². The summed E-state index contributed by atoms with van der Waals surface area (Å²) in [7, 11) is -4.20. The van der Waals surface area contributed by atoms with E-state index < -0.39 is 28.5 Å². The first-order chi connectivity index (χ1) is 21.5. The minimum Gasteiger partial charge on any atom is -0.352 e. The Labute approximate surface area is 271 Å². The largest absolute Gasteiger partial charge is 0.352 e. The number of hydrogen-bond acceptors (Lipinski definition) is 4. The number of hydrogen-bond donors (Lipinski definition) is 1. The maximum Gasteiger partial charge on any atom is 0.264 e. The third-order valence-corrected chi connectivity index (χ3v) is 10.2. The molecule has 0 saturated heterocycles. The quantitative estimate of drug-likeness (QED) is 0.175. The molecule has 7 nitrogen and oxygen atoms in total.